The predicted molar refractivity (Wildman–Crippen MR) is 97.5 cm³/mol. The maximum Gasteiger partial charge on any atom is 0.348 e. The highest BCUT2D eigenvalue weighted by Crippen LogP contribution is 2.21. The number of nitrogens with zero attached hydrogens (tertiary/aromatic N) is 2. The Kier molecular flexibility index (Phi) is 7.61. The second-order valence-electron chi connectivity index (χ2n) is 5.45. The molecule has 0 bridgehead atoms. The van der Waals surface area contributed by atoms with Gasteiger partial charge in [0, 0.05) is 25.3 Å². The number of aryl methyl sites for hydroxylation is 1. The second-order valence-corrected chi connectivity index (χ2v) is 7.28. The molecular formula is C17H23N3O4S. The number of methoxy groups -OCH3 is 1. The molecule has 0 fully saturated rings. The van der Waals surface area contributed by atoms with Crippen molar-refractivity contribution in [3.05, 3.63) is 34.9 Å². The molecule has 0 saturated heterocycles. The van der Waals surface area contributed by atoms with Gasteiger partial charge in [0.1, 0.15) is 11.6 Å². The molecule has 1 rings (SSSR count). The molecule has 0 atom stereocenters. The van der Waals surface area contributed by atoms with Gasteiger partial charge in [-0.05, 0) is 43.2 Å². The number of carbonyl (C=O) groups is 1. The molecule has 25 heavy (non-hydrogen) atoms. The molecule has 0 aromatic heterocycles. The van der Waals surface area contributed by atoms with Crippen LogP contribution < -0.4 is 9.62 Å². The number of benzene rings is 1. The van der Waals surface area contributed by atoms with Gasteiger partial charge in [0.15, 0.2) is 0 Å². The maximum atomic E-state index is 11.5. The van der Waals surface area contributed by atoms with Crippen LogP contribution in [0.15, 0.2) is 23.8 Å². The van der Waals surface area contributed by atoms with Crippen molar-refractivity contribution < 1.29 is 17.9 Å². The summed E-state index contributed by atoms with van der Waals surface area (Å²) < 4.78 is 29.3. The van der Waals surface area contributed by atoms with E-state index in [4.69, 9.17) is 5.26 Å². The van der Waals surface area contributed by atoms with Crippen LogP contribution in [0.2, 0.25) is 0 Å². The summed E-state index contributed by atoms with van der Waals surface area (Å²) in [5.74, 6) is -0.673. The summed E-state index contributed by atoms with van der Waals surface area (Å²) >= 11 is 0. The van der Waals surface area contributed by atoms with Gasteiger partial charge in [0.25, 0.3) is 0 Å². The van der Waals surface area contributed by atoms with Gasteiger partial charge in [-0.2, -0.15) is 5.26 Å². The largest absolute Gasteiger partial charge is 0.465 e. The van der Waals surface area contributed by atoms with Gasteiger partial charge in [-0.25, -0.2) is 17.9 Å². The summed E-state index contributed by atoms with van der Waals surface area (Å²) in [4.78, 5) is 13.5. The van der Waals surface area contributed by atoms with Crippen molar-refractivity contribution in [3.63, 3.8) is 0 Å². The van der Waals surface area contributed by atoms with Crippen LogP contribution in [0.1, 0.15) is 18.1 Å². The lowest BCUT2D eigenvalue weighted by Gasteiger charge is -2.24. The number of likely N-dealkylation sites (N-methyl/N-ethyl adjacent to an activating group) is 1. The minimum Gasteiger partial charge on any atom is -0.465 e. The molecule has 0 heterocycles. The molecule has 7 nitrogen and oxygen atoms in total. The Morgan fingerprint density at radius 3 is 2.60 bits per heavy atom. The number of hydrogen-bond donors (Lipinski definition) is 1. The van der Waals surface area contributed by atoms with E-state index in [2.05, 4.69) is 9.46 Å². The zero-order chi connectivity index (χ0) is 19.0. The van der Waals surface area contributed by atoms with E-state index in [1.54, 1.807) is 0 Å². The van der Waals surface area contributed by atoms with E-state index in [0.29, 0.717) is 19.6 Å². The number of sulfonamides is 1. The van der Waals surface area contributed by atoms with E-state index in [1.807, 2.05) is 43.0 Å². The number of esters is 1. The fourth-order valence-electron chi connectivity index (χ4n) is 2.26. The van der Waals surface area contributed by atoms with Gasteiger partial charge in [-0.15, -0.1) is 0 Å². The molecule has 0 saturated carbocycles. The third-order valence-electron chi connectivity index (χ3n) is 3.57. The maximum absolute atomic E-state index is 11.5. The number of nitriles is 1. The summed E-state index contributed by atoms with van der Waals surface area (Å²) in [6.45, 7) is 5.42. The van der Waals surface area contributed by atoms with E-state index >= 15 is 0 Å². The highest BCUT2D eigenvalue weighted by molar-refractivity contribution is 7.88. The Bertz CT molecular complexity index is 795. The Morgan fingerprint density at radius 2 is 2.12 bits per heavy atom. The van der Waals surface area contributed by atoms with Gasteiger partial charge in [-0.3, -0.25) is 0 Å². The summed E-state index contributed by atoms with van der Waals surface area (Å²) in [7, 11) is -1.98. The molecule has 0 radical (unpaired) electrons. The third-order valence-corrected chi connectivity index (χ3v) is 4.30. The molecule has 136 valence electrons. The van der Waals surface area contributed by atoms with Crippen LogP contribution in [0, 0.1) is 18.3 Å². The van der Waals surface area contributed by atoms with E-state index in [0.717, 1.165) is 23.1 Å². The molecule has 0 aliphatic heterocycles. The standard InChI is InChI=1S/C17H23N3O4S/c1-5-20(9-8-19-25(4,22)23)16-7-6-14(13(2)10-16)11-15(12-18)17(21)24-3/h6-7,10-11,19H,5,8-9H2,1-4H3/b15-11-. The Balaban J connectivity index is 2.98. The van der Waals surface area contributed by atoms with Gasteiger partial charge in [0.05, 0.1) is 13.4 Å². The molecule has 1 N–H and O–H groups in total. The lowest BCUT2D eigenvalue weighted by molar-refractivity contribution is -0.135. The van der Waals surface area contributed by atoms with Gasteiger partial charge < -0.3 is 9.64 Å². The fourth-order valence-corrected chi connectivity index (χ4v) is 2.72. The lowest BCUT2D eigenvalue weighted by Crippen LogP contribution is -2.34. The van der Waals surface area contributed by atoms with Gasteiger partial charge in [0.2, 0.25) is 10.0 Å². The Hall–Kier alpha value is -2.37. The summed E-state index contributed by atoms with van der Waals surface area (Å²) in [6.07, 6.45) is 2.62. The smallest absolute Gasteiger partial charge is 0.348 e. The summed E-state index contributed by atoms with van der Waals surface area (Å²) in [5, 5.41) is 9.04. The van der Waals surface area contributed by atoms with Crippen molar-refractivity contribution in [3.8, 4) is 6.07 Å². The average Bonchev–Trinajstić information content (AvgIpc) is 2.56. The average molecular weight is 365 g/mol. The number of rotatable bonds is 8. The van der Waals surface area contributed by atoms with Gasteiger partial charge in [-0.1, -0.05) is 6.07 Å². The Morgan fingerprint density at radius 1 is 1.44 bits per heavy atom. The quantitative estimate of drug-likeness (QED) is 0.425. The first-order chi connectivity index (χ1) is 11.7. The minimum absolute atomic E-state index is 0.0666. The zero-order valence-corrected chi connectivity index (χ0v) is 15.7. The van der Waals surface area contributed by atoms with Crippen LogP contribution in [-0.4, -0.2) is 47.4 Å². The van der Waals surface area contributed by atoms with Crippen molar-refractivity contribution in [1.82, 2.24) is 4.72 Å². The second kappa shape index (κ2) is 9.20. The Labute approximate surface area is 148 Å². The van der Waals surface area contributed by atoms with Crippen molar-refractivity contribution >= 4 is 27.8 Å². The number of nitrogens with one attached hydrogen (secondary N) is 1. The number of ether oxygens (including phenoxy) is 1. The van der Waals surface area contributed by atoms with Crippen LogP contribution in [-0.2, 0) is 19.6 Å². The highest BCUT2D eigenvalue weighted by atomic mass is 32.2. The van der Waals surface area contributed by atoms with Crippen molar-refractivity contribution in [1.29, 1.82) is 5.26 Å². The highest BCUT2D eigenvalue weighted by Gasteiger charge is 2.11. The normalized spacial score (nSPS) is 11.7. The van der Waals surface area contributed by atoms with Crippen molar-refractivity contribution in [2.24, 2.45) is 0 Å². The molecule has 0 aliphatic rings. The molecule has 0 amide bonds. The topological polar surface area (TPSA) is 99.5 Å². The third kappa shape index (κ3) is 6.57. The van der Waals surface area contributed by atoms with Gasteiger partial charge >= 0.3 is 5.97 Å². The van der Waals surface area contributed by atoms with Crippen LogP contribution in [0.3, 0.4) is 0 Å². The summed E-state index contributed by atoms with van der Waals surface area (Å²) in [6, 6.07) is 7.45. The van der Waals surface area contributed by atoms with Crippen LogP contribution in [0.4, 0.5) is 5.69 Å². The summed E-state index contributed by atoms with van der Waals surface area (Å²) in [5.41, 5.74) is 2.51. The van der Waals surface area contributed by atoms with E-state index < -0.39 is 16.0 Å². The molecular weight excluding hydrogens is 342 g/mol. The number of anilines is 1. The van der Waals surface area contributed by atoms with Crippen molar-refractivity contribution in [2.75, 3.05) is 37.9 Å². The molecule has 1 aromatic rings. The number of carbonyl (C=O) groups excluding carboxylic acids is 1. The zero-order valence-electron chi connectivity index (χ0n) is 14.9. The minimum atomic E-state index is -3.21. The van der Waals surface area contributed by atoms with E-state index in [-0.39, 0.29) is 5.57 Å². The predicted octanol–water partition coefficient (Wildman–Crippen LogP) is 1.45. The van der Waals surface area contributed by atoms with E-state index in [9.17, 15) is 13.2 Å². The number of hydrogen-bond acceptors (Lipinski definition) is 6. The lowest BCUT2D eigenvalue weighted by atomic mass is 10.0. The molecule has 8 heteroatoms. The molecule has 1 aromatic carbocycles. The first kappa shape index (κ1) is 20.7. The molecule has 0 spiro atoms. The monoisotopic (exact) mass is 365 g/mol. The fraction of sp³-hybridized carbons (Fsp3) is 0.412. The van der Waals surface area contributed by atoms with Crippen LogP contribution in [0.25, 0.3) is 6.08 Å². The first-order valence-electron chi connectivity index (χ1n) is 7.72. The molecule has 0 unspecified atom stereocenters. The van der Waals surface area contributed by atoms with Crippen LogP contribution in [0.5, 0.6) is 0 Å². The first-order valence-corrected chi connectivity index (χ1v) is 9.61. The molecule has 0 aliphatic carbocycles. The van der Waals surface area contributed by atoms with Crippen LogP contribution >= 0.6 is 0 Å². The SMILES string of the molecule is CCN(CCNS(C)(=O)=O)c1ccc(/C=C(/C#N)C(=O)OC)c(C)c1. The van der Waals surface area contributed by atoms with E-state index in [1.165, 1.54) is 13.2 Å². The van der Waals surface area contributed by atoms with Crippen molar-refractivity contribution in [2.45, 2.75) is 13.8 Å².